The van der Waals surface area contributed by atoms with Gasteiger partial charge in [-0.1, -0.05) is 6.07 Å². The maximum atomic E-state index is 13.1. The molecule has 1 aliphatic rings. The molecule has 1 atom stereocenters. The number of hydrogen-bond acceptors (Lipinski definition) is 5. The number of aromatic nitrogens is 2. The van der Waals surface area contributed by atoms with Gasteiger partial charge in [0.05, 0.1) is 18.5 Å². The molecule has 2 heterocycles. The second-order valence-corrected chi connectivity index (χ2v) is 5.27. The summed E-state index contributed by atoms with van der Waals surface area (Å²) in [5.74, 6) is -0.190. The lowest BCUT2D eigenvalue weighted by molar-refractivity contribution is 0.0853. The molecule has 1 aliphatic heterocycles. The Labute approximate surface area is 133 Å². The minimum atomic E-state index is -0.340. The summed E-state index contributed by atoms with van der Waals surface area (Å²) in [4.78, 5) is 20.2. The smallest absolute Gasteiger partial charge is 0.271 e. The van der Waals surface area contributed by atoms with Crippen LogP contribution in [0.4, 0.5) is 15.9 Å². The molecular formula is C16H17FN4O2. The van der Waals surface area contributed by atoms with E-state index in [9.17, 15) is 9.18 Å². The zero-order chi connectivity index (χ0) is 16.1. The van der Waals surface area contributed by atoms with E-state index in [0.717, 1.165) is 19.4 Å². The lowest BCUT2D eigenvalue weighted by Gasteiger charge is -2.10. The van der Waals surface area contributed by atoms with Crippen molar-refractivity contribution in [2.75, 3.05) is 18.5 Å². The lowest BCUT2D eigenvalue weighted by atomic mass is 10.2. The lowest BCUT2D eigenvalue weighted by Crippen LogP contribution is -2.32. The summed E-state index contributed by atoms with van der Waals surface area (Å²) in [6.45, 7) is 1.23. The molecule has 0 aliphatic carbocycles. The molecule has 0 saturated carbocycles. The molecule has 1 saturated heterocycles. The molecule has 1 aromatic heterocycles. The number of benzene rings is 1. The molecule has 1 aromatic carbocycles. The Morgan fingerprint density at radius 3 is 2.96 bits per heavy atom. The van der Waals surface area contributed by atoms with Crippen LogP contribution in [0.3, 0.4) is 0 Å². The summed E-state index contributed by atoms with van der Waals surface area (Å²) in [6.07, 6.45) is 4.89. The predicted octanol–water partition coefficient (Wildman–Crippen LogP) is 2.27. The van der Waals surface area contributed by atoms with Gasteiger partial charge >= 0.3 is 0 Å². The zero-order valence-electron chi connectivity index (χ0n) is 12.5. The zero-order valence-corrected chi connectivity index (χ0v) is 12.5. The molecule has 1 unspecified atom stereocenters. The van der Waals surface area contributed by atoms with Crippen LogP contribution < -0.4 is 10.6 Å². The van der Waals surface area contributed by atoms with Crippen LogP contribution in [0.5, 0.6) is 0 Å². The number of amides is 1. The predicted molar refractivity (Wildman–Crippen MR) is 83.0 cm³/mol. The average Bonchev–Trinajstić information content (AvgIpc) is 3.07. The fraction of sp³-hybridized carbons (Fsp3) is 0.312. The van der Waals surface area contributed by atoms with E-state index >= 15 is 0 Å². The van der Waals surface area contributed by atoms with E-state index in [0.29, 0.717) is 18.1 Å². The molecule has 0 spiro atoms. The summed E-state index contributed by atoms with van der Waals surface area (Å²) in [6, 6.07) is 6.02. The third-order valence-corrected chi connectivity index (χ3v) is 3.50. The number of carbonyl (C=O) groups excluding carboxylic acids is 1. The second kappa shape index (κ2) is 7.15. The molecule has 23 heavy (non-hydrogen) atoms. The Morgan fingerprint density at radius 2 is 2.26 bits per heavy atom. The SMILES string of the molecule is O=C(NCC1CCCO1)c1cnc(Nc2cccc(F)c2)cn1. The van der Waals surface area contributed by atoms with Gasteiger partial charge < -0.3 is 15.4 Å². The monoisotopic (exact) mass is 316 g/mol. The van der Waals surface area contributed by atoms with Crippen LogP contribution in [0.15, 0.2) is 36.7 Å². The number of nitrogens with one attached hydrogen (secondary N) is 2. The Kier molecular flexibility index (Phi) is 4.77. The largest absolute Gasteiger partial charge is 0.376 e. The summed E-state index contributed by atoms with van der Waals surface area (Å²) in [7, 11) is 0. The van der Waals surface area contributed by atoms with Crippen molar-refractivity contribution < 1.29 is 13.9 Å². The molecule has 2 aromatic rings. The van der Waals surface area contributed by atoms with Crippen LogP contribution in [0, 0.1) is 5.82 Å². The number of carbonyl (C=O) groups is 1. The van der Waals surface area contributed by atoms with E-state index < -0.39 is 0 Å². The van der Waals surface area contributed by atoms with Crippen LogP contribution in [-0.4, -0.2) is 35.1 Å². The van der Waals surface area contributed by atoms with Crippen molar-refractivity contribution in [2.24, 2.45) is 0 Å². The van der Waals surface area contributed by atoms with Crippen molar-refractivity contribution in [3.63, 3.8) is 0 Å². The van der Waals surface area contributed by atoms with E-state index in [-0.39, 0.29) is 23.5 Å². The highest BCUT2D eigenvalue weighted by Gasteiger charge is 2.17. The summed E-state index contributed by atoms with van der Waals surface area (Å²) >= 11 is 0. The van der Waals surface area contributed by atoms with E-state index in [1.807, 2.05) is 0 Å². The van der Waals surface area contributed by atoms with Gasteiger partial charge in [0.25, 0.3) is 5.91 Å². The van der Waals surface area contributed by atoms with Crippen molar-refractivity contribution in [1.29, 1.82) is 0 Å². The van der Waals surface area contributed by atoms with Gasteiger partial charge in [-0.15, -0.1) is 0 Å². The Hall–Kier alpha value is -2.54. The molecule has 2 N–H and O–H groups in total. The Morgan fingerprint density at radius 1 is 1.35 bits per heavy atom. The molecule has 0 radical (unpaired) electrons. The van der Waals surface area contributed by atoms with Gasteiger partial charge in [-0.3, -0.25) is 4.79 Å². The highest BCUT2D eigenvalue weighted by molar-refractivity contribution is 5.92. The van der Waals surface area contributed by atoms with Gasteiger partial charge in [0.2, 0.25) is 0 Å². The van der Waals surface area contributed by atoms with Crippen LogP contribution in [0.1, 0.15) is 23.3 Å². The van der Waals surface area contributed by atoms with Gasteiger partial charge in [-0.2, -0.15) is 0 Å². The van der Waals surface area contributed by atoms with E-state index in [2.05, 4.69) is 20.6 Å². The third kappa shape index (κ3) is 4.23. The van der Waals surface area contributed by atoms with Gasteiger partial charge in [0, 0.05) is 18.8 Å². The van der Waals surface area contributed by atoms with Crippen LogP contribution in [0.2, 0.25) is 0 Å². The van der Waals surface area contributed by atoms with Crippen LogP contribution in [0.25, 0.3) is 0 Å². The standard InChI is InChI=1S/C16H17FN4O2/c17-11-3-1-4-12(7-11)21-15-10-18-14(9-19-15)16(22)20-8-13-5-2-6-23-13/h1,3-4,7,9-10,13H,2,5-6,8H2,(H,19,21)(H,20,22). The third-order valence-electron chi connectivity index (χ3n) is 3.50. The van der Waals surface area contributed by atoms with Crippen LogP contribution in [-0.2, 0) is 4.74 Å². The molecular weight excluding hydrogens is 299 g/mol. The van der Waals surface area contributed by atoms with Gasteiger partial charge in [-0.25, -0.2) is 14.4 Å². The Balaban J connectivity index is 1.56. The normalized spacial score (nSPS) is 17.0. The summed E-state index contributed by atoms with van der Waals surface area (Å²) < 4.78 is 18.6. The van der Waals surface area contributed by atoms with Crippen molar-refractivity contribution in [1.82, 2.24) is 15.3 Å². The topological polar surface area (TPSA) is 76.1 Å². The number of ether oxygens (including phenoxy) is 1. The van der Waals surface area contributed by atoms with Crippen molar-refractivity contribution in [3.8, 4) is 0 Å². The number of hydrogen-bond donors (Lipinski definition) is 2. The first-order valence-electron chi connectivity index (χ1n) is 7.45. The second-order valence-electron chi connectivity index (χ2n) is 5.27. The molecule has 6 nitrogen and oxygen atoms in total. The maximum absolute atomic E-state index is 13.1. The Bertz CT molecular complexity index is 672. The summed E-state index contributed by atoms with van der Waals surface area (Å²) in [5.41, 5.74) is 0.794. The quantitative estimate of drug-likeness (QED) is 0.885. The van der Waals surface area contributed by atoms with Gasteiger partial charge in [-0.05, 0) is 31.0 Å². The van der Waals surface area contributed by atoms with Crippen molar-refractivity contribution in [3.05, 3.63) is 48.2 Å². The number of rotatable bonds is 5. The van der Waals surface area contributed by atoms with E-state index in [1.165, 1.54) is 24.5 Å². The van der Waals surface area contributed by atoms with Gasteiger partial charge in [0.1, 0.15) is 17.3 Å². The highest BCUT2D eigenvalue weighted by atomic mass is 19.1. The fourth-order valence-electron chi connectivity index (χ4n) is 2.33. The first kappa shape index (κ1) is 15.4. The molecule has 7 heteroatoms. The molecule has 1 fully saturated rings. The molecule has 0 bridgehead atoms. The van der Waals surface area contributed by atoms with E-state index in [1.54, 1.807) is 12.1 Å². The first-order chi connectivity index (χ1) is 11.2. The number of anilines is 2. The maximum Gasteiger partial charge on any atom is 0.271 e. The van der Waals surface area contributed by atoms with Crippen molar-refractivity contribution >= 4 is 17.4 Å². The van der Waals surface area contributed by atoms with Gasteiger partial charge in [0.15, 0.2) is 0 Å². The van der Waals surface area contributed by atoms with Crippen molar-refractivity contribution in [2.45, 2.75) is 18.9 Å². The average molecular weight is 316 g/mol. The number of halogens is 1. The molecule has 1 amide bonds. The van der Waals surface area contributed by atoms with E-state index in [4.69, 9.17) is 4.74 Å². The van der Waals surface area contributed by atoms with Crippen LogP contribution >= 0.6 is 0 Å². The minimum absolute atomic E-state index is 0.0841. The minimum Gasteiger partial charge on any atom is -0.376 e. The summed E-state index contributed by atoms with van der Waals surface area (Å²) in [5, 5.41) is 5.70. The number of nitrogens with zero attached hydrogens (tertiary/aromatic N) is 2. The molecule has 120 valence electrons. The highest BCUT2D eigenvalue weighted by Crippen LogP contribution is 2.15. The first-order valence-corrected chi connectivity index (χ1v) is 7.45. The fourth-order valence-corrected chi connectivity index (χ4v) is 2.33. The molecule has 3 rings (SSSR count).